The minimum Gasteiger partial charge on any atom is -0.496 e. The molecule has 0 spiro atoms. The molecule has 3 aromatic carbocycles. The summed E-state index contributed by atoms with van der Waals surface area (Å²) in [6, 6.07) is 16.9. The van der Waals surface area contributed by atoms with Gasteiger partial charge in [0.05, 0.1) is 25.0 Å². The number of carbonyl (C=O) groups excluding carboxylic acids is 1. The highest BCUT2D eigenvalue weighted by Crippen LogP contribution is 2.33. The van der Waals surface area contributed by atoms with Gasteiger partial charge in [0.2, 0.25) is 0 Å². The molecule has 1 amide bonds. The van der Waals surface area contributed by atoms with E-state index in [0.717, 1.165) is 12.1 Å². The van der Waals surface area contributed by atoms with Gasteiger partial charge in [-0.2, -0.15) is 13.2 Å². The summed E-state index contributed by atoms with van der Waals surface area (Å²) in [5.41, 5.74) is 1.21. The van der Waals surface area contributed by atoms with E-state index >= 15 is 0 Å². The second-order valence-electron chi connectivity index (χ2n) is 7.92. The topological polar surface area (TPSA) is 60.0 Å². The first-order valence-electron chi connectivity index (χ1n) is 11.3. The number of methoxy groups -OCH3 is 1. The number of anilines is 1. The zero-order chi connectivity index (χ0) is 26.6. The van der Waals surface area contributed by atoms with Gasteiger partial charge in [-0.3, -0.25) is 4.79 Å². The van der Waals surface area contributed by atoms with Crippen LogP contribution in [0.15, 0.2) is 72.4 Å². The summed E-state index contributed by atoms with van der Waals surface area (Å²) in [6.07, 6.45) is -2.84. The first-order valence-corrected chi connectivity index (χ1v) is 11.7. The van der Waals surface area contributed by atoms with Gasteiger partial charge in [-0.1, -0.05) is 24.3 Å². The third-order valence-corrected chi connectivity index (χ3v) is 5.74. The van der Waals surface area contributed by atoms with Crippen LogP contribution in [0.25, 0.3) is 6.08 Å². The normalized spacial score (nSPS) is 14.6. The molecule has 0 atom stereocenters. The fraction of sp³-hybridized carbons (Fsp3) is 0.185. The van der Waals surface area contributed by atoms with Crippen LogP contribution in [0.2, 0.25) is 0 Å². The smallest absolute Gasteiger partial charge is 0.416 e. The Balaban J connectivity index is 1.57. The predicted molar refractivity (Wildman–Crippen MR) is 138 cm³/mol. The standard InChI is InChI=1S/C27H23F3N2O4S/c1-3-35-24-10-5-4-9-22(24)32-25(33)21(31-26(32)37)14-17-11-12-23(34-2)18(13-17)16-36-20-8-6-7-19(15-20)27(28,29)30/h4-15H,3,16H2,1-2H3,(H,31,37)/b21-14+. The largest absolute Gasteiger partial charge is 0.496 e. The summed E-state index contributed by atoms with van der Waals surface area (Å²) in [5.74, 6) is 0.738. The van der Waals surface area contributed by atoms with Crippen molar-refractivity contribution in [3.05, 3.63) is 89.1 Å². The molecule has 3 aromatic rings. The molecule has 1 aliphatic heterocycles. The maximum Gasteiger partial charge on any atom is 0.416 e. The van der Waals surface area contributed by atoms with Crippen molar-refractivity contribution in [2.75, 3.05) is 18.6 Å². The van der Waals surface area contributed by atoms with Gasteiger partial charge in [0.1, 0.15) is 29.6 Å². The molecule has 1 heterocycles. The lowest BCUT2D eigenvalue weighted by molar-refractivity contribution is -0.137. The zero-order valence-corrected chi connectivity index (χ0v) is 20.8. The van der Waals surface area contributed by atoms with E-state index in [1.807, 2.05) is 13.0 Å². The van der Waals surface area contributed by atoms with E-state index in [9.17, 15) is 18.0 Å². The van der Waals surface area contributed by atoms with Gasteiger partial charge in [-0.15, -0.1) is 0 Å². The van der Waals surface area contributed by atoms with Crippen LogP contribution in [-0.4, -0.2) is 24.7 Å². The summed E-state index contributed by atoms with van der Waals surface area (Å²) in [6.45, 7) is 2.23. The molecule has 1 saturated heterocycles. The molecule has 1 aliphatic rings. The highest BCUT2D eigenvalue weighted by Gasteiger charge is 2.34. The molecule has 0 aliphatic carbocycles. The molecule has 0 unspecified atom stereocenters. The van der Waals surface area contributed by atoms with E-state index in [-0.39, 0.29) is 29.1 Å². The molecule has 1 fully saturated rings. The second kappa shape index (κ2) is 10.9. The first kappa shape index (κ1) is 26.0. The monoisotopic (exact) mass is 528 g/mol. The molecular weight excluding hydrogens is 505 g/mol. The molecule has 1 N–H and O–H groups in total. The van der Waals surface area contributed by atoms with Crippen molar-refractivity contribution in [2.45, 2.75) is 19.7 Å². The number of para-hydroxylation sites is 2. The number of hydrogen-bond acceptors (Lipinski definition) is 5. The Kier molecular flexibility index (Phi) is 7.68. The number of nitrogens with zero attached hydrogens (tertiary/aromatic N) is 1. The molecule has 10 heteroatoms. The van der Waals surface area contributed by atoms with Gasteiger partial charge in [-0.25, -0.2) is 4.90 Å². The van der Waals surface area contributed by atoms with Crippen LogP contribution in [0, 0.1) is 0 Å². The predicted octanol–water partition coefficient (Wildman–Crippen LogP) is 5.95. The van der Waals surface area contributed by atoms with Gasteiger partial charge in [0.25, 0.3) is 5.91 Å². The maximum atomic E-state index is 13.2. The molecule has 0 saturated carbocycles. The molecule has 0 aromatic heterocycles. The first-order chi connectivity index (χ1) is 17.7. The lowest BCUT2D eigenvalue weighted by atomic mass is 10.1. The average Bonchev–Trinajstić information content (AvgIpc) is 3.15. The molecule has 0 radical (unpaired) electrons. The number of nitrogens with one attached hydrogen (secondary N) is 1. The molecule has 4 rings (SSSR count). The van der Waals surface area contributed by atoms with Crippen LogP contribution in [0.5, 0.6) is 17.2 Å². The number of rotatable bonds is 8. The maximum absolute atomic E-state index is 13.2. The fourth-order valence-corrected chi connectivity index (χ4v) is 4.06. The van der Waals surface area contributed by atoms with Crippen molar-refractivity contribution in [3.63, 3.8) is 0 Å². The number of amides is 1. The third kappa shape index (κ3) is 5.86. The Morgan fingerprint density at radius 2 is 1.78 bits per heavy atom. The molecule has 192 valence electrons. The average molecular weight is 529 g/mol. The van der Waals surface area contributed by atoms with E-state index in [0.29, 0.717) is 34.9 Å². The van der Waals surface area contributed by atoms with Crippen molar-refractivity contribution < 1.29 is 32.2 Å². The highest BCUT2D eigenvalue weighted by atomic mass is 32.1. The van der Waals surface area contributed by atoms with Crippen LogP contribution in [0.4, 0.5) is 18.9 Å². The second-order valence-corrected chi connectivity index (χ2v) is 8.30. The van der Waals surface area contributed by atoms with Gasteiger partial charge < -0.3 is 19.5 Å². The van der Waals surface area contributed by atoms with Crippen LogP contribution in [0.3, 0.4) is 0 Å². The van der Waals surface area contributed by atoms with E-state index in [1.54, 1.807) is 42.5 Å². The van der Waals surface area contributed by atoms with Gasteiger partial charge >= 0.3 is 6.18 Å². The van der Waals surface area contributed by atoms with Crippen LogP contribution in [0.1, 0.15) is 23.6 Å². The van der Waals surface area contributed by atoms with Crippen molar-refractivity contribution in [1.82, 2.24) is 5.32 Å². The number of thiocarbonyl (C=S) groups is 1. The van der Waals surface area contributed by atoms with E-state index in [1.165, 1.54) is 24.1 Å². The van der Waals surface area contributed by atoms with Crippen LogP contribution < -0.4 is 24.4 Å². The Morgan fingerprint density at radius 3 is 2.51 bits per heavy atom. The summed E-state index contributed by atoms with van der Waals surface area (Å²) in [4.78, 5) is 14.6. The highest BCUT2D eigenvalue weighted by molar-refractivity contribution is 7.80. The fourth-order valence-electron chi connectivity index (χ4n) is 3.76. The number of carbonyl (C=O) groups is 1. The number of hydrogen-bond donors (Lipinski definition) is 1. The van der Waals surface area contributed by atoms with Gasteiger partial charge in [0, 0.05) is 5.56 Å². The summed E-state index contributed by atoms with van der Waals surface area (Å²) in [5, 5.41) is 3.15. The van der Waals surface area contributed by atoms with Crippen LogP contribution >= 0.6 is 12.2 Å². The lowest BCUT2D eigenvalue weighted by Gasteiger charge is -2.18. The Bertz CT molecular complexity index is 1360. The SMILES string of the molecule is CCOc1ccccc1N1C(=O)/C(=C\c2ccc(OC)c(COc3cccc(C(F)(F)F)c3)c2)NC1=S. The summed E-state index contributed by atoms with van der Waals surface area (Å²) < 4.78 is 55.7. The molecule has 0 bridgehead atoms. The summed E-state index contributed by atoms with van der Waals surface area (Å²) in [7, 11) is 1.48. The van der Waals surface area contributed by atoms with Crippen molar-refractivity contribution >= 4 is 35.0 Å². The number of ether oxygens (including phenoxy) is 3. The number of halogens is 3. The van der Waals surface area contributed by atoms with Gasteiger partial charge in [-0.05, 0) is 73.2 Å². The summed E-state index contributed by atoms with van der Waals surface area (Å²) >= 11 is 5.41. The minimum absolute atomic E-state index is 0.0465. The van der Waals surface area contributed by atoms with Crippen molar-refractivity contribution in [2.24, 2.45) is 0 Å². The van der Waals surface area contributed by atoms with E-state index < -0.39 is 11.7 Å². The van der Waals surface area contributed by atoms with Crippen molar-refractivity contribution in [1.29, 1.82) is 0 Å². The van der Waals surface area contributed by atoms with Gasteiger partial charge in [0.15, 0.2) is 5.11 Å². The Labute approximate surface area is 217 Å². The zero-order valence-electron chi connectivity index (χ0n) is 20.0. The Hall–Kier alpha value is -4.05. The third-order valence-electron chi connectivity index (χ3n) is 5.46. The molecule has 37 heavy (non-hydrogen) atoms. The molecule has 6 nitrogen and oxygen atoms in total. The quantitative estimate of drug-likeness (QED) is 0.288. The number of alkyl halides is 3. The Morgan fingerprint density at radius 1 is 1.00 bits per heavy atom. The molecular formula is C27H23F3N2O4S. The number of benzene rings is 3. The minimum atomic E-state index is -4.47. The van der Waals surface area contributed by atoms with E-state index in [2.05, 4.69) is 5.32 Å². The lowest BCUT2D eigenvalue weighted by Crippen LogP contribution is -2.30. The van der Waals surface area contributed by atoms with E-state index in [4.69, 9.17) is 26.4 Å². The van der Waals surface area contributed by atoms with Crippen LogP contribution in [-0.2, 0) is 17.6 Å². The van der Waals surface area contributed by atoms with Crippen molar-refractivity contribution in [3.8, 4) is 17.2 Å².